The van der Waals surface area contributed by atoms with Gasteiger partial charge in [-0.15, -0.1) is 0 Å². The summed E-state index contributed by atoms with van der Waals surface area (Å²) in [7, 11) is -7.89. The third-order valence-electron chi connectivity index (χ3n) is 21.9. The van der Waals surface area contributed by atoms with Crippen molar-refractivity contribution in [3.8, 4) is 45.3 Å². The Morgan fingerprint density at radius 2 is 0.413 bits per heavy atom. The lowest BCUT2D eigenvalue weighted by molar-refractivity contribution is 0.471. The van der Waals surface area contributed by atoms with Crippen LogP contribution in [0, 0.1) is 0 Å². The number of rotatable bonds is 10. The van der Waals surface area contributed by atoms with E-state index in [0.717, 1.165) is 98.8 Å². The number of fused-ring (bicyclic) bond motifs is 12. The van der Waals surface area contributed by atoms with Gasteiger partial charge >= 0.3 is 33.0 Å². The average Bonchev–Trinajstić information content (AvgIpc) is 1.73. The van der Waals surface area contributed by atoms with Crippen LogP contribution in [0.15, 0.2) is 276 Å². The maximum atomic E-state index is 7.28. The van der Waals surface area contributed by atoms with E-state index in [-0.39, 0.29) is 50.7 Å². The Balaban J connectivity index is 0.000000196. The lowest BCUT2D eigenvalue weighted by Gasteiger charge is -2.31. The van der Waals surface area contributed by atoms with E-state index in [1.54, 1.807) is 0 Å². The van der Waals surface area contributed by atoms with E-state index in [1.165, 1.54) is 22.3 Å². The molecule has 16 aromatic rings. The Bertz CT molecular complexity index is 6310. The van der Waals surface area contributed by atoms with Gasteiger partial charge in [-0.25, -0.2) is 0 Å². The van der Waals surface area contributed by atoms with Crippen molar-refractivity contribution >= 4 is 121 Å². The van der Waals surface area contributed by atoms with E-state index in [4.69, 9.17) is 51.7 Å². The maximum Gasteiger partial charge on any atom is 0.453 e. The average molecular weight is 1690 g/mol. The molecule has 0 N–H and O–H groups in total. The largest absolute Gasteiger partial charge is 0.453 e. The maximum absolute atomic E-state index is 7.28. The van der Waals surface area contributed by atoms with Gasteiger partial charge in [0.25, 0.3) is 0 Å². The van der Waals surface area contributed by atoms with E-state index >= 15 is 0 Å². The molecule has 0 fully saturated rings. The summed E-state index contributed by atoms with van der Waals surface area (Å²) in [5.74, 6) is 2.56. The molecular weight excluding hydrogens is 1580 g/mol. The fourth-order valence-electron chi connectivity index (χ4n) is 15.0. The fourth-order valence-corrected chi connectivity index (χ4v) is 19.4. The van der Waals surface area contributed by atoms with Gasteiger partial charge in [-0.1, -0.05) is 343 Å². The van der Waals surface area contributed by atoms with Gasteiger partial charge in [0.05, 0.1) is 0 Å². The zero-order chi connectivity index (χ0) is 85.6. The molecule has 4 aromatic heterocycles. The molecule has 0 saturated carbocycles. The Morgan fingerprint density at radius 1 is 0.198 bits per heavy atom. The van der Waals surface area contributed by atoms with Gasteiger partial charge in [0, 0.05) is 87.6 Å². The summed E-state index contributed by atoms with van der Waals surface area (Å²) in [6.45, 7) is 54.0. The first-order valence-corrected chi connectivity index (χ1v) is 45.8. The molecule has 0 radical (unpaired) electrons. The van der Waals surface area contributed by atoms with E-state index < -0.39 is 33.0 Å². The molecular formula is C105H116O12P4. The predicted molar refractivity (Wildman–Crippen MR) is 509 cm³/mol. The monoisotopic (exact) mass is 1690 g/mol. The van der Waals surface area contributed by atoms with Crippen LogP contribution in [0.4, 0.5) is 0 Å². The van der Waals surface area contributed by atoms with Crippen LogP contribution < -0.4 is 18.1 Å². The molecule has 16 heteroatoms. The van der Waals surface area contributed by atoms with Crippen LogP contribution in [0.25, 0.3) is 110 Å². The molecule has 121 heavy (non-hydrogen) atoms. The highest BCUT2D eigenvalue weighted by Gasteiger charge is 2.36. The molecule has 0 atom stereocenters. The summed E-state index contributed by atoms with van der Waals surface area (Å²) in [6, 6.07) is 82.3. The molecule has 628 valence electrons. The van der Waals surface area contributed by atoms with Crippen molar-refractivity contribution in [2.75, 3.05) is 0 Å². The normalized spacial score (nSPS) is 12.6. The van der Waals surface area contributed by atoms with Crippen LogP contribution in [0.2, 0.25) is 0 Å². The number of benzene rings is 12. The lowest BCUT2D eigenvalue weighted by atomic mass is 9.75. The lowest BCUT2D eigenvalue weighted by Crippen LogP contribution is -2.19. The van der Waals surface area contributed by atoms with Crippen LogP contribution in [0.3, 0.4) is 0 Å². The second kappa shape index (κ2) is 33.0. The Hall–Kier alpha value is -10.6. The molecule has 0 aliphatic carbocycles. The molecule has 0 amide bonds. The summed E-state index contributed by atoms with van der Waals surface area (Å²) in [4.78, 5) is 0. The molecule has 12 nitrogen and oxygen atoms in total. The number of hydrogen-bond donors (Lipinski definition) is 0. The zero-order valence-corrected chi connectivity index (χ0v) is 77.4. The Morgan fingerprint density at radius 3 is 0.669 bits per heavy atom. The summed E-state index contributed by atoms with van der Waals surface area (Å²) in [6.07, 6.45) is 0. The van der Waals surface area contributed by atoms with Crippen molar-refractivity contribution in [1.29, 1.82) is 0 Å². The molecule has 0 bridgehead atoms. The third kappa shape index (κ3) is 18.5. The summed E-state index contributed by atoms with van der Waals surface area (Å²) >= 11 is 0. The molecule has 0 aliphatic heterocycles. The van der Waals surface area contributed by atoms with E-state index in [9.17, 15) is 0 Å². The topological polar surface area (TPSA) is 142 Å². The summed E-state index contributed by atoms with van der Waals surface area (Å²) in [5.41, 5.74) is 16.5. The standard InChI is InChI=1S/2C52H56O6P2.CH4/c1-49(2,3)33-29-39(47(41(31-33)51(7,8)9)57-59-53-43-25-17-13-21-35(43)36-22-14-18-26-44(36)54-59)40-30-34(50(4,5)6)32-42(52(10,11)12)48(40)58-60-55-45-27-19-15-23-37(45)38-24-16-20-28-46(38)56-60;1-49(2,3)33-29-39-40-30-34(50(4,5)6)32-42(52(10,11)12)48(40)58-60(57-47(39)41(31-33)51(7,8)9)56-46-28-20-16-24-38(46)37-23-15-19-27-45(37)55-59-53-43-25-17-13-21-35(43)36-22-14-18-26-44(36)54-59;/h2*13-32H,1-12H3;1H4. The minimum Gasteiger partial charge on any atom is -0.390 e. The van der Waals surface area contributed by atoms with Gasteiger partial charge in [-0.2, -0.15) is 0 Å². The third-order valence-corrected chi connectivity index (χ3v) is 26.0. The van der Waals surface area contributed by atoms with Crippen LogP contribution >= 0.6 is 33.0 Å². The number of para-hydroxylation sites is 8. The van der Waals surface area contributed by atoms with E-state index in [0.29, 0.717) is 56.5 Å². The summed E-state index contributed by atoms with van der Waals surface area (Å²) < 4.78 is 82.4. The minimum absolute atomic E-state index is 0. The van der Waals surface area contributed by atoms with Gasteiger partial charge in [0.15, 0.2) is 0 Å². The van der Waals surface area contributed by atoms with Crippen molar-refractivity contribution in [1.82, 2.24) is 0 Å². The molecule has 0 saturated heterocycles. The van der Waals surface area contributed by atoms with Crippen LogP contribution in [-0.4, -0.2) is 0 Å². The molecule has 4 heterocycles. The van der Waals surface area contributed by atoms with Crippen LogP contribution in [-0.2, 0) is 43.3 Å². The molecule has 16 rings (SSSR count). The molecule has 12 aromatic carbocycles. The van der Waals surface area contributed by atoms with Crippen molar-refractivity contribution in [2.45, 2.75) is 217 Å². The first-order chi connectivity index (χ1) is 56.5. The second-order valence-corrected chi connectivity index (χ2v) is 43.5. The molecule has 0 spiro atoms. The highest BCUT2D eigenvalue weighted by atomic mass is 31.1. The first-order valence-electron chi connectivity index (χ1n) is 41.4. The van der Waals surface area contributed by atoms with Gasteiger partial charge in [0.2, 0.25) is 0 Å². The van der Waals surface area contributed by atoms with Crippen molar-refractivity contribution in [3.05, 3.63) is 287 Å². The smallest absolute Gasteiger partial charge is 0.390 e. The van der Waals surface area contributed by atoms with Gasteiger partial charge in [-0.05, 0) is 138 Å². The van der Waals surface area contributed by atoms with Gasteiger partial charge in [-0.3, -0.25) is 0 Å². The van der Waals surface area contributed by atoms with Crippen molar-refractivity contribution in [3.63, 3.8) is 0 Å². The van der Waals surface area contributed by atoms with Crippen LogP contribution in [0.1, 0.15) is 218 Å². The minimum atomic E-state index is -2.03. The zero-order valence-electron chi connectivity index (χ0n) is 73.8. The Kier molecular flexibility index (Phi) is 23.7. The highest BCUT2D eigenvalue weighted by molar-refractivity contribution is 7.33. The van der Waals surface area contributed by atoms with E-state index in [2.05, 4.69) is 239 Å². The van der Waals surface area contributed by atoms with Gasteiger partial charge < -0.3 is 51.7 Å². The van der Waals surface area contributed by atoms with Crippen molar-refractivity contribution in [2.24, 2.45) is 0 Å². The number of hydrogen-bond acceptors (Lipinski definition) is 12. The predicted octanol–water partition coefficient (Wildman–Crippen LogP) is 35.5. The van der Waals surface area contributed by atoms with E-state index in [1.807, 2.05) is 170 Å². The fraction of sp³-hybridized carbons (Fsp3) is 0.314. The Labute approximate surface area is 717 Å². The van der Waals surface area contributed by atoms with Crippen LogP contribution in [0.5, 0.6) is 23.0 Å². The SMILES string of the molecule is C.CC(C)(C)c1cc(-c2cc(C(C)(C)C)cc(C(C)(C)C)c2Op2oc3ccccc3c3ccccc3o2)c(Op2oc3ccccc3c3ccccc3o2)c(C(C)(C)C)c1.CC(C)(C)c1cc(C(C)(C)C)c2op(Oc3ccccc3-c3ccccc3Op3oc4ccccc4c4ccccc4o3)oc3c(C(C)(C)C)cc(C(C)(C)C)cc3c2c1. The first kappa shape index (κ1) is 86.8. The van der Waals surface area contributed by atoms with Gasteiger partial charge in [0.1, 0.15) is 67.7 Å². The quantitative estimate of drug-likeness (QED) is 0.129. The molecule has 0 unspecified atom stereocenters. The molecule has 0 aliphatic rings. The second-order valence-electron chi connectivity index (χ2n) is 39.6. The van der Waals surface area contributed by atoms with Crippen molar-refractivity contribution < 1.29 is 51.7 Å². The highest BCUT2D eigenvalue weighted by Crippen LogP contribution is 2.56. The summed E-state index contributed by atoms with van der Waals surface area (Å²) in [5, 5.41) is 7.78.